The molecule has 1 atom stereocenters. The number of likely N-dealkylation sites (tertiary alicyclic amines) is 1. The van der Waals surface area contributed by atoms with E-state index in [1.165, 1.54) is 0 Å². The second kappa shape index (κ2) is 8.60. The molecule has 178 valence electrons. The molecule has 1 saturated heterocycles. The van der Waals surface area contributed by atoms with Gasteiger partial charge in [-0.25, -0.2) is 8.42 Å². The van der Waals surface area contributed by atoms with E-state index in [1.807, 2.05) is 24.3 Å². The van der Waals surface area contributed by atoms with E-state index in [4.69, 9.17) is 4.74 Å². The molecule has 34 heavy (non-hydrogen) atoms. The van der Waals surface area contributed by atoms with Gasteiger partial charge in [0, 0.05) is 28.8 Å². The van der Waals surface area contributed by atoms with Gasteiger partial charge in [-0.1, -0.05) is 19.1 Å². The van der Waals surface area contributed by atoms with Gasteiger partial charge in [0.2, 0.25) is 0 Å². The Morgan fingerprint density at radius 3 is 2.71 bits per heavy atom. The van der Waals surface area contributed by atoms with Crippen LogP contribution in [0, 0.1) is 12.8 Å². The summed E-state index contributed by atoms with van der Waals surface area (Å²) in [4.78, 5) is 21.2. The number of nitrogens with zero attached hydrogens (tertiary/aromatic N) is 1. The molecule has 5 rings (SSSR count). The summed E-state index contributed by atoms with van der Waals surface area (Å²) < 4.78 is 31.3. The maximum absolute atomic E-state index is 12.5. The number of aromatic amines is 2. The molecule has 1 fully saturated rings. The zero-order chi connectivity index (χ0) is 24.0. The number of benzene rings is 2. The van der Waals surface area contributed by atoms with Crippen LogP contribution in [0.25, 0.3) is 33.1 Å². The molecule has 0 radical (unpaired) electrons. The molecule has 2 aromatic heterocycles. The summed E-state index contributed by atoms with van der Waals surface area (Å²) in [5.74, 6) is 1.24. The molecular weight excluding hydrogens is 450 g/mol. The lowest BCUT2D eigenvalue weighted by atomic mass is 9.99. The summed E-state index contributed by atoms with van der Waals surface area (Å²) in [5.41, 5.74) is 3.57. The third kappa shape index (κ3) is 4.01. The van der Waals surface area contributed by atoms with E-state index >= 15 is 0 Å². The number of rotatable bonds is 6. The van der Waals surface area contributed by atoms with Gasteiger partial charge in [0.05, 0.1) is 22.8 Å². The van der Waals surface area contributed by atoms with Crippen LogP contribution in [0.5, 0.6) is 5.75 Å². The van der Waals surface area contributed by atoms with Crippen LogP contribution in [0.3, 0.4) is 0 Å². The minimum Gasteiger partial charge on any atom is -0.491 e. The third-order valence-corrected chi connectivity index (χ3v) is 8.49. The van der Waals surface area contributed by atoms with Crippen LogP contribution < -0.4 is 10.3 Å². The third-order valence-electron chi connectivity index (χ3n) is 6.76. The first kappa shape index (κ1) is 22.7. The quantitative estimate of drug-likeness (QED) is 0.434. The maximum Gasteiger partial charge on any atom is 0.252 e. The number of fused-ring (bicyclic) bond motifs is 3. The highest BCUT2D eigenvalue weighted by molar-refractivity contribution is 7.91. The summed E-state index contributed by atoms with van der Waals surface area (Å²) in [7, 11) is -1.22. The van der Waals surface area contributed by atoms with Gasteiger partial charge >= 0.3 is 0 Å². The number of aromatic nitrogens is 2. The summed E-state index contributed by atoms with van der Waals surface area (Å²) in [6, 6.07) is 12.8. The number of H-pyrrole nitrogens is 2. The van der Waals surface area contributed by atoms with Crippen molar-refractivity contribution >= 4 is 31.8 Å². The fourth-order valence-corrected chi connectivity index (χ4v) is 5.72. The molecule has 0 bridgehead atoms. The van der Waals surface area contributed by atoms with E-state index in [1.54, 1.807) is 32.0 Å². The summed E-state index contributed by atoms with van der Waals surface area (Å²) in [6.07, 6.45) is 1.11. The molecule has 0 aliphatic carbocycles. The van der Waals surface area contributed by atoms with Crippen molar-refractivity contribution in [3.63, 3.8) is 0 Å². The Bertz CT molecular complexity index is 1550. The maximum atomic E-state index is 12.5. The Balaban J connectivity index is 1.68. The lowest BCUT2D eigenvalue weighted by molar-refractivity contribution is 0.251. The summed E-state index contributed by atoms with van der Waals surface area (Å²) in [6.45, 7) is 6.13. The average molecular weight is 480 g/mol. The van der Waals surface area contributed by atoms with Gasteiger partial charge in [-0.3, -0.25) is 4.79 Å². The van der Waals surface area contributed by atoms with Crippen LogP contribution in [0.1, 0.15) is 18.9 Å². The van der Waals surface area contributed by atoms with Crippen molar-refractivity contribution in [2.75, 3.05) is 32.5 Å². The highest BCUT2D eigenvalue weighted by Gasteiger charge is 2.22. The van der Waals surface area contributed by atoms with E-state index < -0.39 is 9.84 Å². The molecule has 0 saturated carbocycles. The number of ether oxygens (including phenoxy) is 1. The summed E-state index contributed by atoms with van der Waals surface area (Å²) in [5, 5.41) is 1.78. The van der Waals surface area contributed by atoms with Crippen molar-refractivity contribution in [1.29, 1.82) is 0 Å². The number of sulfone groups is 1. The number of nitrogens with one attached hydrogen (secondary N) is 2. The Labute approximate surface area is 198 Å². The van der Waals surface area contributed by atoms with Crippen LogP contribution in [-0.2, 0) is 9.84 Å². The number of hydrogen-bond acceptors (Lipinski definition) is 5. The first-order chi connectivity index (χ1) is 16.3. The number of aryl methyl sites for hydroxylation is 1. The number of hydrogen-bond donors (Lipinski definition) is 2. The van der Waals surface area contributed by atoms with E-state index in [0.717, 1.165) is 52.7 Å². The number of pyridine rings is 1. The fraction of sp³-hybridized carbons (Fsp3) is 0.346. The monoisotopic (exact) mass is 479 g/mol. The van der Waals surface area contributed by atoms with E-state index in [-0.39, 0.29) is 11.3 Å². The highest BCUT2D eigenvalue weighted by Crippen LogP contribution is 2.39. The molecule has 1 aliphatic heterocycles. The van der Waals surface area contributed by atoms with E-state index in [0.29, 0.717) is 28.6 Å². The van der Waals surface area contributed by atoms with Crippen molar-refractivity contribution < 1.29 is 13.2 Å². The van der Waals surface area contributed by atoms with Crippen LogP contribution in [-0.4, -0.2) is 55.8 Å². The molecular formula is C26H29N3O4S. The smallest absolute Gasteiger partial charge is 0.252 e. The molecule has 1 aliphatic rings. The Hall–Kier alpha value is -3.10. The average Bonchev–Trinajstić information content (AvgIpc) is 3.41. The van der Waals surface area contributed by atoms with Gasteiger partial charge < -0.3 is 19.6 Å². The molecule has 7 nitrogen and oxygen atoms in total. The molecule has 4 aromatic rings. The standard InChI is InChI=1S/C26H29N3O4S/c1-4-34(31,32)19-7-5-6-18(13-19)20-8-9-22(33-15-17-10-11-29(3)14-17)24-23(20)21-12-16(2)26(30)28-25(21)27-24/h5-9,12-13,17H,4,10-11,14-15H2,1-3H3,(H2,27,28,30)/t17-/m1/s1. The van der Waals surface area contributed by atoms with Crippen molar-refractivity contribution in [2.45, 2.75) is 25.2 Å². The molecule has 3 heterocycles. The molecule has 2 aromatic carbocycles. The van der Waals surface area contributed by atoms with Crippen molar-refractivity contribution in [2.24, 2.45) is 5.92 Å². The SMILES string of the molecule is CCS(=O)(=O)c1cccc(-c2ccc(OC[C@@H]3CCN(C)C3)c3[nH]c4[nH]c(=O)c(C)cc4c23)c1. The van der Waals surface area contributed by atoms with Gasteiger partial charge in [0.25, 0.3) is 5.56 Å². The highest BCUT2D eigenvalue weighted by atomic mass is 32.2. The minimum absolute atomic E-state index is 0.0442. The largest absolute Gasteiger partial charge is 0.491 e. The molecule has 0 unspecified atom stereocenters. The second-order valence-electron chi connectivity index (χ2n) is 9.22. The molecule has 8 heteroatoms. The normalized spacial score (nSPS) is 17.1. The lowest BCUT2D eigenvalue weighted by Gasteiger charge is -2.14. The zero-order valence-corrected chi connectivity index (χ0v) is 20.5. The van der Waals surface area contributed by atoms with Crippen molar-refractivity contribution in [1.82, 2.24) is 14.9 Å². The minimum atomic E-state index is -3.34. The first-order valence-corrected chi connectivity index (χ1v) is 13.2. The van der Waals surface area contributed by atoms with Gasteiger partial charge in [-0.05, 0) is 68.4 Å². The summed E-state index contributed by atoms with van der Waals surface area (Å²) >= 11 is 0. The second-order valence-corrected chi connectivity index (χ2v) is 11.5. The topological polar surface area (TPSA) is 95.3 Å². The Morgan fingerprint density at radius 2 is 1.97 bits per heavy atom. The van der Waals surface area contributed by atoms with Crippen molar-refractivity contribution in [3.8, 4) is 16.9 Å². The van der Waals surface area contributed by atoms with Crippen molar-refractivity contribution in [3.05, 3.63) is 58.4 Å². The van der Waals surface area contributed by atoms with E-state index in [9.17, 15) is 13.2 Å². The van der Waals surface area contributed by atoms with Crippen LogP contribution in [0.15, 0.2) is 52.2 Å². The molecule has 0 amide bonds. The predicted molar refractivity (Wildman–Crippen MR) is 135 cm³/mol. The van der Waals surface area contributed by atoms with Gasteiger partial charge in [-0.2, -0.15) is 0 Å². The lowest BCUT2D eigenvalue weighted by Crippen LogP contribution is -2.18. The zero-order valence-electron chi connectivity index (χ0n) is 19.6. The van der Waals surface area contributed by atoms with Gasteiger partial charge in [-0.15, -0.1) is 0 Å². The van der Waals surface area contributed by atoms with Crippen LogP contribution in [0.4, 0.5) is 0 Å². The van der Waals surface area contributed by atoms with Gasteiger partial charge in [0.1, 0.15) is 11.4 Å². The van der Waals surface area contributed by atoms with Gasteiger partial charge in [0.15, 0.2) is 9.84 Å². The van der Waals surface area contributed by atoms with Crippen LogP contribution in [0.2, 0.25) is 0 Å². The Morgan fingerprint density at radius 1 is 1.15 bits per heavy atom. The van der Waals surface area contributed by atoms with E-state index in [2.05, 4.69) is 21.9 Å². The molecule has 0 spiro atoms. The molecule has 2 N–H and O–H groups in total. The Kier molecular flexibility index (Phi) is 5.73. The predicted octanol–water partition coefficient (Wildman–Crippen LogP) is 4.11. The first-order valence-electron chi connectivity index (χ1n) is 11.6. The fourth-order valence-electron chi connectivity index (χ4n) is 4.80. The van der Waals surface area contributed by atoms with Crippen LogP contribution >= 0.6 is 0 Å².